The summed E-state index contributed by atoms with van der Waals surface area (Å²) in [5, 5.41) is 12.9. The highest BCUT2D eigenvalue weighted by Crippen LogP contribution is 2.31. The number of nitrogens with zero attached hydrogens (tertiary/aromatic N) is 2. The third-order valence-corrected chi connectivity index (χ3v) is 2.74. The number of aromatic nitrogens is 2. The Balaban J connectivity index is 2.60. The molecule has 2 aromatic rings. The molecule has 0 aliphatic heterocycles. The SMILES string of the molecule is CCn1nc(C(=O)O)cc1-c1ccc(F)cc1OC. The largest absolute Gasteiger partial charge is 0.496 e. The number of aromatic carboxylic acids is 1. The lowest BCUT2D eigenvalue weighted by atomic mass is 10.1. The highest BCUT2D eigenvalue weighted by molar-refractivity contribution is 5.87. The molecule has 0 bridgehead atoms. The molecule has 1 heterocycles. The van der Waals surface area contributed by atoms with Crippen LogP contribution < -0.4 is 4.74 Å². The molecule has 0 saturated heterocycles. The van der Waals surface area contributed by atoms with E-state index in [0.717, 1.165) is 0 Å². The van der Waals surface area contributed by atoms with Gasteiger partial charge in [-0.3, -0.25) is 4.68 Å². The van der Waals surface area contributed by atoms with Crippen molar-refractivity contribution in [3.63, 3.8) is 0 Å². The first-order valence-corrected chi connectivity index (χ1v) is 5.72. The monoisotopic (exact) mass is 264 g/mol. The van der Waals surface area contributed by atoms with E-state index in [9.17, 15) is 9.18 Å². The topological polar surface area (TPSA) is 64.4 Å². The predicted octanol–water partition coefficient (Wildman–Crippen LogP) is 2.42. The van der Waals surface area contributed by atoms with Crippen LogP contribution in [0.3, 0.4) is 0 Å². The molecule has 0 aliphatic carbocycles. The molecule has 1 aromatic heterocycles. The molecule has 0 atom stereocenters. The minimum Gasteiger partial charge on any atom is -0.496 e. The molecule has 100 valence electrons. The van der Waals surface area contributed by atoms with Gasteiger partial charge < -0.3 is 9.84 Å². The lowest BCUT2D eigenvalue weighted by molar-refractivity contribution is 0.0689. The molecular weight excluding hydrogens is 251 g/mol. The number of carbonyl (C=O) groups is 1. The van der Waals surface area contributed by atoms with Crippen molar-refractivity contribution < 1.29 is 19.0 Å². The normalized spacial score (nSPS) is 10.5. The van der Waals surface area contributed by atoms with E-state index >= 15 is 0 Å². The van der Waals surface area contributed by atoms with Gasteiger partial charge in [0.05, 0.1) is 12.8 Å². The van der Waals surface area contributed by atoms with Gasteiger partial charge in [-0.2, -0.15) is 5.10 Å². The summed E-state index contributed by atoms with van der Waals surface area (Å²) in [6, 6.07) is 5.54. The summed E-state index contributed by atoms with van der Waals surface area (Å²) in [7, 11) is 1.43. The molecule has 0 spiro atoms. The van der Waals surface area contributed by atoms with Crippen LogP contribution in [0.1, 0.15) is 17.4 Å². The zero-order chi connectivity index (χ0) is 14.0. The van der Waals surface area contributed by atoms with Gasteiger partial charge in [0.2, 0.25) is 0 Å². The van der Waals surface area contributed by atoms with Crippen LogP contribution in [-0.2, 0) is 6.54 Å². The fraction of sp³-hybridized carbons (Fsp3) is 0.231. The summed E-state index contributed by atoms with van der Waals surface area (Å²) in [5.41, 5.74) is 1.13. The van der Waals surface area contributed by atoms with Crippen LogP contribution in [0.15, 0.2) is 24.3 Å². The summed E-state index contributed by atoms with van der Waals surface area (Å²) < 4.78 is 19.8. The smallest absolute Gasteiger partial charge is 0.356 e. The number of rotatable bonds is 4. The number of halogens is 1. The van der Waals surface area contributed by atoms with E-state index in [0.29, 0.717) is 23.6 Å². The Hall–Kier alpha value is -2.37. The first-order valence-electron chi connectivity index (χ1n) is 5.72. The first-order chi connectivity index (χ1) is 9.06. The molecule has 5 nitrogen and oxygen atoms in total. The fourth-order valence-corrected chi connectivity index (χ4v) is 1.86. The van der Waals surface area contributed by atoms with Gasteiger partial charge in [-0.25, -0.2) is 9.18 Å². The Morgan fingerprint density at radius 2 is 2.21 bits per heavy atom. The Morgan fingerprint density at radius 3 is 2.79 bits per heavy atom. The molecule has 1 N–H and O–H groups in total. The third-order valence-electron chi connectivity index (χ3n) is 2.74. The van der Waals surface area contributed by atoms with Crippen LogP contribution in [0.4, 0.5) is 4.39 Å². The highest BCUT2D eigenvalue weighted by Gasteiger charge is 2.17. The third kappa shape index (κ3) is 2.42. The molecule has 0 fully saturated rings. The average molecular weight is 264 g/mol. The molecule has 0 saturated carbocycles. The Labute approximate surface area is 109 Å². The van der Waals surface area contributed by atoms with Gasteiger partial charge in [0, 0.05) is 18.2 Å². The lowest BCUT2D eigenvalue weighted by Gasteiger charge is -2.09. The summed E-state index contributed by atoms with van der Waals surface area (Å²) in [6.07, 6.45) is 0. The number of methoxy groups -OCH3 is 1. The van der Waals surface area contributed by atoms with E-state index in [1.165, 1.54) is 25.3 Å². The number of ether oxygens (including phenoxy) is 1. The Kier molecular flexibility index (Phi) is 3.50. The van der Waals surface area contributed by atoms with E-state index in [4.69, 9.17) is 9.84 Å². The van der Waals surface area contributed by atoms with Gasteiger partial charge in [-0.15, -0.1) is 0 Å². The summed E-state index contributed by atoms with van der Waals surface area (Å²) in [6.45, 7) is 2.35. The van der Waals surface area contributed by atoms with E-state index in [-0.39, 0.29) is 5.69 Å². The number of carboxylic acid groups (broad SMARTS) is 1. The fourth-order valence-electron chi connectivity index (χ4n) is 1.86. The first kappa shape index (κ1) is 13.1. The quantitative estimate of drug-likeness (QED) is 0.921. The summed E-state index contributed by atoms with van der Waals surface area (Å²) in [5.74, 6) is -1.18. The summed E-state index contributed by atoms with van der Waals surface area (Å²) in [4.78, 5) is 11.0. The molecule has 19 heavy (non-hydrogen) atoms. The molecule has 0 unspecified atom stereocenters. The number of carboxylic acids is 1. The number of benzene rings is 1. The van der Waals surface area contributed by atoms with Crippen molar-refractivity contribution in [3.05, 3.63) is 35.8 Å². The Bertz CT molecular complexity index is 622. The maximum Gasteiger partial charge on any atom is 0.356 e. The molecular formula is C13H13FN2O3. The highest BCUT2D eigenvalue weighted by atomic mass is 19.1. The van der Waals surface area contributed by atoms with Crippen LogP contribution in [0.25, 0.3) is 11.3 Å². The van der Waals surface area contributed by atoms with Gasteiger partial charge in [0.15, 0.2) is 5.69 Å². The van der Waals surface area contributed by atoms with Crippen LogP contribution in [0.2, 0.25) is 0 Å². The van der Waals surface area contributed by atoms with Gasteiger partial charge in [0.25, 0.3) is 0 Å². The zero-order valence-corrected chi connectivity index (χ0v) is 10.6. The van der Waals surface area contributed by atoms with Crippen molar-refractivity contribution in [2.24, 2.45) is 0 Å². The van der Waals surface area contributed by atoms with E-state index in [1.54, 1.807) is 10.7 Å². The van der Waals surface area contributed by atoms with Crippen molar-refractivity contribution in [3.8, 4) is 17.0 Å². The van der Waals surface area contributed by atoms with Crippen LogP contribution >= 0.6 is 0 Å². The minimum absolute atomic E-state index is 0.0526. The van der Waals surface area contributed by atoms with Crippen LogP contribution in [-0.4, -0.2) is 28.0 Å². The zero-order valence-electron chi connectivity index (χ0n) is 10.6. The van der Waals surface area contributed by atoms with Crippen molar-refractivity contribution in [1.82, 2.24) is 9.78 Å². The number of hydrogen-bond acceptors (Lipinski definition) is 3. The number of hydrogen-bond donors (Lipinski definition) is 1. The van der Waals surface area contributed by atoms with Crippen LogP contribution in [0.5, 0.6) is 5.75 Å². The predicted molar refractivity (Wildman–Crippen MR) is 66.8 cm³/mol. The molecule has 2 rings (SSSR count). The Morgan fingerprint density at radius 1 is 1.47 bits per heavy atom. The standard InChI is InChI=1S/C13H13FN2O3/c1-3-16-11(7-10(15-16)13(17)18)9-5-4-8(14)6-12(9)19-2/h4-7H,3H2,1-2H3,(H,17,18). The van der Waals surface area contributed by atoms with Crippen molar-refractivity contribution in [2.45, 2.75) is 13.5 Å². The average Bonchev–Trinajstić information content (AvgIpc) is 2.82. The van der Waals surface area contributed by atoms with Crippen molar-refractivity contribution >= 4 is 5.97 Å². The van der Waals surface area contributed by atoms with Crippen molar-refractivity contribution in [2.75, 3.05) is 7.11 Å². The second-order valence-electron chi connectivity index (χ2n) is 3.88. The minimum atomic E-state index is -1.10. The van der Waals surface area contributed by atoms with Gasteiger partial charge in [0.1, 0.15) is 11.6 Å². The van der Waals surface area contributed by atoms with Gasteiger partial charge >= 0.3 is 5.97 Å². The van der Waals surface area contributed by atoms with E-state index in [2.05, 4.69) is 5.10 Å². The molecule has 6 heteroatoms. The molecule has 1 aromatic carbocycles. The van der Waals surface area contributed by atoms with Crippen LogP contribution in [0, 0.1) is 5.82 Å². The van der Waals surface area contributed by atoms with Gasteiger partial charge in [-0.05, 0) is 25.1 Å². The number of aryl methyl sites for hydroxylation is 1. The second-order valence-corrected chi connectivity index (χ2v) is 3.88. The maximum atomic E-state index is 13.2. The molecule has 0 radical (unpaired) electrons. The maximum absolute atomic E-state index is 13.2. The second kappa shape index (κ2) is 5.09. The van der Waals surface area contributed by atoms with Crippen molar-refractivity contribution in [1.29, 1.82) is 0 Å². The molecule has 0 amide bonds. The van der Waals surface area contributed by atoms with E-state index < -0.39 is 11.8 Å². The van der Waals surface area contributed by atoms with Gasteiger partial charge in [-0.1, -0.05) is 0 Å². The lowest BCUT2D eigenvalue weighted by Crippen LogP contribution is -2.03. The molecule has 0 aliphatic rings. The summed E-state index contributed by atoms with van der Waals surface area (Å²) >= 11 is 0. The van der Waals surface area contributed by atoms with E-state index in [1.807, 2.05) is 6.92 Å².